The SMILES string of the molecule is CC(C)c1cc(C(C)C)c(S(N)(=O)=O)c(C(C)(C)[C@H](c2ccccc2)[C@H](NCCCCC2=CCC=CC2)c2ccccc2)c1. The highest BCUT2D eigenvalue weighted by Crippen LogP contribution is 2.49. The third kappa shape index (κ3) is 8.18. The Balaban J connectivity index is 1.83. The maximum absolute atomic E-state index is 13.4. The third-order valence-corrected chi connectivity index (χ3v) is 10.2. The highest BCUT2D eigenvalue weighted by atomic mass is 32.2. The number of rotatable bonds is 14. The molecular weight excluding hydrogens is 561 g/mol. The van der Waals surface area contributed by atoms with Crippen molar-refractivity contribution in [3.63, 3.8) is 0 Å². The number of primary sulfonamides is 1. The van der Waals surface area contributed by atoms with Gasteiger partial charge < -0.3 is 5.32 Å². The number of hydrogen-bond donors (Lipinski definition) is 2. The van der Waals surface area contributed by atoms with Crippen LogP contribution in [0, 0.1) is 0 Å². The summed E-state index contributed by atoms with van der Waals surface area (Å²) in [5.41, 5.74) is 6.01. The van der Waals surface area contributed by atoms with Gasteiger partial charge in [-0.3, -0.25) is 0 Å². The average molecular weight is 613 g/mol. The van der Waals surface area contributed by atoms with Crippen LogP contribution in [0.2, 0.25) is 0 Å². The third-order valence-electron chi connectivity index (χ3n) is 9.21. The molecule has 5 heteroatoms. The Hall–Kier alpha value is -2.99. The molecular formula is C39H52N2O2S. The molecule has 236 valence electrons. The molecule has 3 aromatic rings. The van der Waals surface area contributed by atoms with Crippen LogP contribution in [-0.4, -0.2) is 15.0 Å². The summed E-state index contributed by atoms with van der Waals surface area (Å²) in [6.07, 6.45) is 12.3. The molecule has 4 rings (SSSR count). The second-order valence-electron chi connectivity index (χ2n) is 13.5. The quantitative estimate of drug-likeness (QED) is 0.141. The van der Waals surface area contributed by atoms with Crippen molar-refractivity contribution >= 4 is 10.0 Å². The molecule has 1 aliphatic rings. The van der Waals surface area contributed by atoms with E-state index >= 15 is 0 Å². The zero-order valence-corrected chi connectivity index (χ0v) is 28.3. The van der Waals surface area contributed by atoms with Crippen molar-refractivity contribution in [1.29, 1.82) is 0 Å². The van der Waals surface area contributed by atoms with E-state index in [1.54, 1.807) is 0 Å². The highest BCUT2D eigenvalue weighted by Gasteiger charge is 2.42. The van der Waals surface area contributed by atoms with Crippen molar-refractivity contribution in [2.75, 3.05) is 6.54 Å². The lowest BCUT2D eigenvalue weighted by Gasteiger charge is -2.43. The summed E-state index contributed by atoms with van der Waals surface area (Å²) in [5, 5.41) is 10.0. The Morgan fingerprint density at radius 3 is 2.00 bits per heavy atom. The number of unbranched alkanes of at least 4 members (excludes halogenated alkanes) is 1. The van der Waals surface area contributed by atoms with Crippen molar-refractivity contribution in [1.82, 2.24) is 5.32 Å². The average Bonchev–Trinajstić information content (AvgIpc) is 3.00. The van der Waals surface area contributed by atoms with Crippen molar-refractivity contribution in [3.8, 4) is 0 Å². The van der Waals surface area contributed by atoms with E-state index in [9.17, 15) is 8.42 Å². The van der Waals surface area contributed by atoms with Crippen LogP contribution in [0.15, 0.2) is 101 Å². The number of nitrogens with two attached hydrogens (primary N) is 1. The fourth-order valence-electron chi connectivity index (χ4n) is 6.76. The lowest BCUT2D eigenvalue weighted by molar-refractivity contribution is 0.310. The van der Waals surface area contributed by atoms with Crippen LogP contribution in [0.1, 0.15) is 125 Å². The zero-order chi connectivity index (χ0) is 31.9. The predicted octanol–water partition coefficient (Wildman–Crippen LogP) is 9.42. The van der Waals surface area contributed by atoms with E-state index in [4.69, 9.17) is 5.14 Å². The Morgan fingerprint density at radius 2 is 1.45 bits per heavy atom. The molecule has 2 atom stereocenters. The predicted molar refractivity (Wildman–Crippen MR) is 186 cm³/mol. The maximum atomic E-state index is 13.4. The fourth-order valence-corrected chi connectivity index (χ4v) is 8.01. The fraction of sp³-hybridized carbons (Fsp3) is 0.436. The van der Waals surface area contributed by atoms with Gasteiger partial charge in [0.1, 0.15) is 0 Å². The van der Waals surface area contributed by atoms with E-state index in [1.165, 1.54) is 16.7 Å². The standard InChI is InChI=1S/C39H52N2O2S/c1-28(2)33-26-34(29(3)4)38(44(40,42)43)35(27-33)39(5,6)36(31-21-12-8-13-22-31)37(32-23-14-9-15-24-32)41-25-17-16-20-30-18-10-7-11-19-30/h7-10,12-15,19,21-24,26-29,36-37,41H,11,16-18,20,25H2,1-6H3,(H2,40,42,43)/t36-,37-/m1/s1. The van der Waals surface area contributed by atoms with Crippen LogP contribution < -0.4 is 10.5 Å². The lowest BCUT2D eigenvalue weighted by atomic mass is 9.65. The maximum Gasteiger partial charge on any atom is 0.238 e. The second-order valence-corrected chi connectivity index (χ2v) is 15.0. The van der Waals surface area contributed by atoms with Gasteiger partial charge in [0.2, 0.25) is 10.0 Å². The molecule has 3 aromatic carbocycles. The molecule has 0 bridgehead atoms. The Kier molecular flexibility index (Phi) is 11.4. The van der Waals surface area contributed by atoms with Gasteiger partial charge in [0.05, 0.1) is 4.90 Å². The van der Waals surface area contributed by atoms with Crippen LogP contribution in [0.5, 0.6) is 0 Å². The smallest absolute Gasteiger partial charge is 0.238 e. The van der Waals surface area contributed by atoms with Gasteiger partial charge in [0, 0.05) is 12.0 Å². The molecule has 0 heterocycles. The zero-order valence-electron chi connectivity index (χ0n) is 27.5. The van der Waals surface area contributed by atoms with Gasteiger partial charge in [-0.05, 0) is 83.7 Å². The normalized spacial score (nSPS) is 15.4. The van der Waals surface area contributed by atoms with Crippen molar-refractivity contribution in [2.45, 2.75) is 108 Å². The van der Waals surface area contributed by atoms with E-state index in [-0.39, 0.29) is 28.7 Å². The summed E-state index contributed by atoms with van der Waals surface area (Å²) in [6.45, 7) is 13.7. The molecule has 0 unspecified atom stereocenters. The molecule has 3 N–H and O–H groups in total. The second kappa shape index (κ2) is 14.9. The molecule has 0 spiro atoms. The van der Waals surface area contributed by atoms with Crippen LogP contribution in [0.4, 0.5) is 0 Å². The van der Waals surface area contributed by atoms with E-state index in [1.807, 2.05) is 19.9 Å². The summed E-state index contributed by atoms with van der Waals surface area (Å²) >= 11 is 0. The summed E-state index contributed by atoms with van der Waals surface area (Å²) in [4.78, 5) is 0.282. The van der Waals surface area contributed by atoms with Crippen LogP contribution in [0.3, 0.4) is 0 Å². The van der Waals surface area contributed by atoms with Crippen LogP contribution in [0.25, 0.3) is 0 Å². The number of allylic oxidation sites excluding steroid dienone is 4. The molecule has 0 amide bonds. The molecule has 0 saturated heterocycles. The summed E-state index contributed by atoms with van der Waals surface area (Å²) in [7, 11) is -4.01. The minimum Gasteiger partial charge on any atom is -0.309 e. The van der Waals surface area contributed by atoms with E-state index in [2.05, 4.69) is 118 Å². The molecule has 1 aliphatic carbocycles. The minimum atomic E-state index is -4.01. The Labute approximate surface area is 266 Å². The van der Waals surface area contributed by atoms with Crippen molar-refractivity contribution < 1.29 is 8.42 Å². The summed E-state index contributed by atoms with van der Waals surface area (Å²) in [5.74, 6) is 0.161. The number of hydrogen-bond acceptors (Lipinski definition) is 3. The number of sulfonamides is 1. The van der Waals surface area contributed by atoms with E-state index < -0.39 is 15.4 Å². The monoisotopic (exact) mass is 612 g/mol. The first kappa shape index (κ1) is 33.9. The van der Waals surface area contributed by atoms with Gasteiger partial charge in [-0.1, -0.05) is 138 Å². The highest BCUT2D eigenvalue weighted by molar-refractivity contribution is 7.89. The first-order valence-electron chi connectivity index (χ1n) is 16.3. The summed E-state index contributed by atoms with van der Waals surface area (Å²) in [6, 6.07) is 25.3. The van der Waals surface area contributed by atoms with E-state index in [0.29, 0.717) is 0 Å². The van der Waals surface area contributed by atoms with Gasteiger partial charge >= 0.3 is 0 Å². The summed E-state index contributed by atoms with van der Waals surface area (Å²) < 4.78 is 26.9. The van der Waals surface area contributed by atoms with Gasteiger partial charge in [0.15, 0.2) is 0 Å². The lowest BCUT2D eigenvalue weighted by Crippen LogP contribution is -2.40. The van der Waals surface area contributed by atoms with Crippen LogP contribution in [-0.2, 0) is 15.4 Å². The minimum absolute atomic E-state index is 0.00423. The molecule has 0 radical (unpaired) electrons. The van der Waals surface area contributed by atoms with Crippen molar-refractivity contribution in [3.05, 3.63) is 124 Å². The Bertz CT molecular complexity index is 1540. The largest absolute Gasteiger partial charge is 0.309 e. The number of nitrogens with one attached hydrogen (secondary N) is 1. The molecule has 0 aromatic heterocycles. The number of benzene rings is 3. The first-order valence-corrected chi connectivity index (χ1v) is 17.8. The molecule has 44 heavy (non-hydrogen) atoms. The molecule has 0 saturated carbocycles. The first-order chi connectivity index (χ1) is 20.9. The molecule has 0 aliphatic heterocycles. The van der Waals surface area contributed by atoms with Crippen LogP contribution >= 0.6 is 0 Å². The van der Waals surface area contributed by atoms with Crippen molar-refractivity contribution in [2.24, 2.45) is 5.14 Å². The van der Waals surface area contributed by atoms with Gasteiger partial charge in [-0.2, -0.15) is 0 Å². The van der Waals surface area contributed by atoms with Gasteiger partial charge in [-0.15, -0.1) is 0 Å². The van der Waals surface area contributed by atoms with Gasteiger partial charge in [-0.25, -0.2) is 13.6 Å². The topological polar surface area (TPSA) is 72.2 Å². The van der Waals surface area contributed by atoms with Gasteiger partial charge in [0.25, 0.3) is 0 Å². The molecule has 4 nitrogen and oxygen atoms in total. The molecule has 0 fully saturated rings. The van der Waals surface area contributed by atoms with E-state index in [0.717, 1.165) is 55.3 Å². The Morgan fingerprint density at radius 1 is 0.818 bits per heavy atom.